The summed E-state index contributed by atoms with van der Waals surface area (Å²) in [6.07, 6.45) is 1.99. The molecule has 0 amide bonds. The summed E-state index contributed by atoms with van der Waals surface area (Å²) in [5, 5.41) is 0. The van der Waals surface area contributed by atoms with Gasteiger partial charge in [-0.2, -0.15) is 0 Å². The van der Waals surface area contributed by atoms with E-state index in [0.29, 0.717) is 0 Å². The molecule has 0 radical (unpaired) electrons. The first kappa shape index (κ1) is 8.24. The van der Waals surface area contributed by atoms with Crippen molar-refractivity contribution in [1.82, 2.24) is 0 Å². The van der Waals surface area contributed by atoms with Crippen molar-refractivity contribution in [2.24, 2.45) is 0 Å². The molecular weight excluding hydrogens is 160 g/mol. The Balaban J connectivity index is 2.78. The maximum atomic E-state index is 11.7. The summed E-state index contributed by atoms with van der Waals surface area (Å²) >= 11 is 0. The lowest BCUT2D eigenvalue weighted by Gasteiger charge is -2.04. The van der Waals surface area contributed by atoms with Crippen molar-refractivity contribution in [2.75, 3.05) is 0 Å². The Kier molecular flexibility index (Phi) is 1.62. The summed E-state index contributed by atoms with van der Waals surface area (Å²) in [6.45, 7) is 5.91. The van der Waals surface area contributed by atoms with Crippen molar-refractivity contribution >= 4 is 11.9 Å². The summed E-state index contributed by atoms with van der Waals surface area (Å²) in [4.78, 5) is 11.7. The molecule has 0 aliphatic heterocycles. The second-order valence-electron chi connectivity index (χ2n) is 3.64. The fraction of sp³-hybridized carbons (Fsp3) is 0.250. The Morgan fingerprint density at radius 1 is 1.00 bits per heavy atom. The summed E-state index contributed by atoms with van der Waals surface area (Å²) in [5.41, 5.74) is 5.14. The predicted molar refractivity (Wildman–Crippen MR) is 53.9 cm³/mol. The predicted octanol–water partition coefficient (Wildman–Crippen LogP) is 2.90. The number of aryl methyl sites for hydroxylation is 2. The molecule has 1 aromatic carbocycles. The summed E-state index contributed by atoms with van der Waals surface area (Å²) in [6, 6.07) is 4.08. The van der Waals surface area contributed by atoms with Gasteiger partial charge in [0.25, 0.3) is 0 Å². The number of carbonyl (C=O) groups excluding carboxylic acids is 1. The van der Waals surface area contributed by atoms with Crippen LogP contribution >= 0.6 is 0 Å². The second-order valence-corrected chi connectivity index (χ2v) is 3.64. The Bertz CT molecular complexity index is 425. The molecule has 0 saturated carbocycles. The van der Waals surface area contributed by atoms with Crippen LogP contribution in [0.4, 0.5) is 0 Å². The molecule has 1 nitrogen and oxygen atoms in total. The second kappa shape index (κ2) is 2.56. The number of hydrogen-bond acceptors (Lipinski definition) is 1. The maximum Gasteiger partial charge on any atom is 0.189 e. The molecule has 0 atom stereocenters. The Morgan fingerprint density at radius 3 is 2.23 bits per heavy atom. The minimum Gasteiger partial charge on any atom is -0.289 e. The quantitative estimate of drug-likeness (QED) is 0.588. The molecule has 0 N–H and O–H groups in total. The molecule has 0 saturated heterocycles. The van der Waals surface area contributed by atoms with Gasteiger partial charge in [0.2, 0.25) is 0 Å². The van der Waals surface area contributed by atoms with Gasteiger partial charge in [-0.3, -0.25) is 4.79 Å². The van der Waals surface area contributed by atoms with Gasteiger partial charge in [0.1, 0.15) is 0 Å². The van der Waals surface area contributed by atoms with Gasteiger partial charge in [0, 0.05) is 5.56 Å². The highest BCUT2D eigenvalue weighted by molar-refractivity contribution is 6.18. The highest BCUT2D eigenvalue weighted by atomic mass is 16.1. The van der Waals surface area contributed by atoms with Crippen LogP contribution in [0, 0.1) is 13.8 Å². The third-order valence-corrected chi connectivity index (χ3v) is 2.62. The molecule has 1 aliphatic rings. The van der Waals surface area contributed by atoms with Crippen molar-refractivity contribution in [2.45, 2.75) is 20.8 Å². The largest absolute Gasteiger partial charge is 0.289 e. The smallest absolute Gasteiger partial charge is 0.189 e. The van der Waals surface area contributed by atoms with Crippen LogP contribution in [-0.4, -0.2) is 5.78 Å². The van der Waals surface area contributed by atoms with Gasteiger partial charge in [-0.05, 0) is 49.1 Å². The van der Waals surface area contributed by atoms with Crippen LogP contribution < -0.4 is 0 Å². The Labute approximate surface area is 78.1 Å². The number of carbonyl (C=O) groups is 1. The fourth-order valence-corrected chi connectivity index (χ4v) is 1.80. The SMILES string of the molecule is CC1=Cc2c(C)ccc(C)c2C1=O. The van der Waals surface area contributed by atoms with Gasteiger partial charge in [-0.1, -0.05) is 12.1 Å². The van der Waals surface area contributed by atoms with E-state index in [2.05, 4.69) is 6.07 Å². The van der Waals surface area contributed by atoms with Crippen molar-refractivity contribution < 1.29 is 4.79 Å². The van der Waals surface area contributed by atoms with Crippen LogP contribution in [0.1, 0.15) is 34.0 Å². The van der Waals surface area contributed by atoms with E-state index in [1.54, 1.807) is 0 Å². The number of fused-ring (bicyclic) bond motifs is 1. The first-order chi connectivity index (χ1) is 6.11. The van der Waals surface area contributed by atoms with Gasteiger partial charge in [-0.15, -0.1) is 0 Å². The average molecular weight is 172 g/mol. The summed E-state index contributed by atoms with van der Waals surface area (Å²) in [5.74, 6) is 0.191. The third-order valence-electron chi connectivity index (χ3n) is 2.62. The Morgan fingerprint density at radius 2 is 1.62 bits per heavy atom. The topological polar surface area (TPSA) is 17.1 Å². The lowest BCUT2D eigenvalue weighted by Crippen LogP contribution is -1.99. The molecule has 13 heavy (non-hydrogen) atoms. The molecule has 0 fully saturated rings. The number of Topliss-reactive ketones (excluding diaryl/α,β-unsaturated/α-hetero) is 1. The number of rotatable bonds is 0. The molecule has 1 aromatic rings. The number of ketones is 1. The third kappa shape index (κ3) is 1.04. The van der Waals surface area contributed by atoms with Crippen LogP contribution in [-0.2, 0) is 0 Å². The molecular formula is C12H12O. The van der Waals surface area contributed by atoms with E-state index < -0.39 is 0 Å². The van der Waals surface area contributed by atoms with E-state index in [-0.39, 0.29) is 5.78 Å². The lowest BCUT2D eigenvalue weighted by atomic mass is 9.99. The molecule has 0 bridgehead atoms. The van der Waals surface area contributed by atoms with Crippen molar-refractivity contribution in [3.05, 3.63) is 40.0 Å². The number of allylic oxidation sites excluding steroid dienone is 1. The zero-order chi connectivity index (χ0) is 9.59. The minimum atomic E-state index is 0.191. The van der Waals surface area contributed by atoms with Crippen LogP contribution in [0.25, 0.3) is 6.08 Å². The molecule has 0 unspecified atom stereocenters. The summed E-state index contributed by atoms with van der Waals surface area (Å²) < 4.78 is 0. The van der Waals surface area contributed by atoms with Gasteiger partial charge in [-0.25, -0.2) is 0 Å². The normalized spacial score (nSPS) is 14.4. The van der Waals surface area contributed by atoms with E-state index in [9.17, 15) is 4.79 Å². The van der Waals surface area contributed by atoms with Crippen LogP contribution in [0.3, 0.4) is 0 Å². The van der Waals surface area contributed by atoms with Gasteiger partial charge in [0.05, 0.1) is 0 Å². The number of hydrogen-bond donors (Lipinski definition) is 0. The first-order valence-electron chi connectivity index (χ1n) is 4.44. The van der Waals surface area contributed by atoms with Crippen molar-refractivity contribution in [3.8, 4) is 0 Å². The molecule has 1 heteroatoms. The Hall–Kier alpha value is -1.37. The van der Waals surface area contributed by atoms with Gasteiger partial charge < -0.3 is 0 Å². The molecule has 1 aliphatic carbocycles. The summed E-state index contributed by atoms with van der Waals surface area (Å²) in [7, 11) is 0. The fourth-order valence-electron chi connectivity index (χ4n) is 1.80. The van der Waals surface area contributed by atoms with Crippen LogP contribution in [0.2, 0.25) is 0 Å². The standard InChI is InChI=1S/C12H12O/c1-7-4-5-8(2)11-10(7)6-9(3)12(11)13/h4-6H,1-3H3. The average Bonchev–Trinajstić information content (AvgIpc) is 2.38. The van der Waals surface area contributed by atoms with Gasteiger partial charge >= 0.3 is 0 Å². The lowest BCUT2D eigenvalue weighted by molar-refractivity contribution is 0.103. The highest BCUT2D eigenvalue weighted by Crippen LogP contribution is 2.29. The molecule has 66 valence electrons. The molecule has 0 aromatic heterocycles. The van der Waals surface area contributed by atoms with Crippen molar-refractivity contribution in [1.29, 1.82) is 0 Å². The monoisotopic (exact) mass is 172 g/mol. The molecule has 0 heterocycles. The molecule has 0 spiro atoms. The van der Waals surface area contributed by atoms with Gasteiger partial charge in [0.15, 0.2) is 5.78 Å². The molecule has 2 rings (SSSR count). The van der Waals surface area contributed by atoms with E-state index in [0.717, 1.165) is 22.3 Å². The van der Waals surface area contributed by atoms with Crippen LogP contribution in [0.15, 0.2) is 17.7 Å². The van der Waals surface area contributed by atoms with Crippen molar-refractivity contribution in [3.63, 3.8) is 0 Å². The van der Waals surface area contributed by atoms with E-state index >= 15 is 0 Å². The van der Waals surface area contributed by atoms with E-state index in [1.807, 2.05) is 32.9 Å². The van der Waals surface area contributed by atoms with Crippen LogP contribution in [0.5, 0.6) is 0 Å². The highest BCUT2D eigenvalue weighted by Gasteiger charge is 2.22. The van der Waals surface area contributed by atoms with E-state index in [1.165, 1.54) is 5.56 Å². The zero-order valence-corrected chi connectivity index (χ0v) is 8.14. The number of benzene rings is 1. The maximum absolute atomic E-state index is 11.7. The zero-order valence-electron chi connectivity index (χ0n) is 8.14. The van der Waals surface area contributed by atoms with E-state index in [4.69, 9.17) is 0 Å². The minimum absolute atomic E-state index is 0.191. The first-order valence-corrected chi connectivity index (χ1v) is 4.44.